The Morgan fingerprint density at radius 2 is 1.67 bits per heavy atom. The molecule has 0 radical (unpaired) electrons. The summed E-state index contributed by atoms with van der Waals surface area (Å²) in [4.78, 5) is 28.8. The highest BCUT2D eigenvalue weighted by molar-refractivity contribution is 5.89. The van der Waals surface area contributed by atoms with Gasteiger partial charge in [-0.3, -0.25) is 0 Å². The first-order valence-corrected chi connectivity index (χ1v) is 10.8. The Morgan fingerprint density at radius 3 is 2.20 bits per heavy atom. The van der Waals surface area contributed by atoms with Crippen LogP contribution in [0.25, 0.3) is 0 Å². The Kier molecular flexibility index (Phi) is 6.32. The second-order valence-electron chi connectivity index (χ2n) is 9.97. The molecule has 0 aliphatic carbocycles. The van der Waals surface area contributed by atoms with Crippen LogP contribution in [0.5, 0.6) is 0 Å². The molecular formula is C23H36N4O3. The summed E-state index contributed by atoms with van der Waals surface area (Å²) in [6.07, 6.45) is 1.84. The minimum Gasteiger partial charge on any atom is -0.465 e. The van der Waals surface area contributed by atoms with Crippen LogP contribution >= 0.6 is 0 Å². The number of piperazine rings is 1. The van der Waals surface area contributed by atoms with Crippen molar-refractivity contribution in [2.24, 2.45) is 0 Å². The summed E-state index contributed by atoms with van der Waals surface area (Å²) in [6.45, 7) is 13.1. The van der Waals surface area contributed by atoms with E-state index in [-0.39, 0.29) is 35.2 Å². The molecule has 3 rings (SSSR count). The van der Waals surface area contributed by atoms with Gasteiger partial charge in [0, 0.05) is 48.5 Å². The van der Waals surface area contributed by atoms with E-state index in [1.54, 1.807) is 12.1 Å². The van der Waals surface area contributed by atoms with Crippen molar-refractivity contribution in [2.75, 3.05) is 31.6 Å². The highest BCUT2D eigenvalue weighted by atomic mass is 16.5. The van der Waals surface area contributed by atoms with Crippen molar-refractivity contribution in [3.05, 3.63) is 29.8 Å². The first-order chi connectivity index (χ1) is 14.0. The predicted octanol–water partition coefficient (Wildman–Crippen LogP) is 3.00. The lowest BCUT2D eigenvalue weighted by Crippen LogP contribution is -2.64. The predicted molar refractivity (Wildman–Crippen MR) is 119 cm³/mol. The molecular weight excluding hydrogens is 380 g/mol. The molecule has 166 valence electrons. The number of piperidine rings is 1. The first-order valence-electron chi connectivity index (χ1n) is 10.8. The summed E-state index contributed by atoms with van der Waals surface area (Å²) in [5.74, 6) is -0.333. The molecule has 2 saturated heterocycles. The fraction of sp³-hybridized carbons (Fsp3) is 0.652. The molecule has 1 atom stereocenters. The third-order valence-corrected chi connectivity index (χ3v) is 6.06. The van der Waals surface area contributed by atoms with Crippen LogP contribution in [0.4, 0.5) is 10.5 Å². The zero-order valence-electron chi connectivity index (χ0n) is 19.1. The van der Waals surface area contributed by atoms with Crippen molar-refractivity contribution < 1.29 is 14.3 Å². The number of urea groups is 1. The molecule has 2 aliphatic heterocycles. The first kappa shape index (κ1) is 22.4. The van der Waals surface area contributed by atoms with Gasteiger partial charge in [-0.2, -0.15) is 0 Å². The van der Waals surface area contributed by atoms with Crippen LogP contribution in [0.3, 0.4) is 0 Å². The molecule has 0 bridgehead atoms. The zero-order chi connectivity index (χ0) is 22.1. The molecule has 2 aliphatic rings. The van der Waals surface area contributed by atoms with Crippen LogP contribution in [-0.2, 0) is 4.74 Å². The van der Waals surface area contributed by atoms with Gasteiger partial charge in [-0.25, -0.2) is 9.59 Å². The molecule has 1 unspecified atom stereocenters. The second kappa shape index (κ2) is 8.46. The average molecular weight is 417 g/mol. The van der Waals surface area contributed by atoms with E-state index in [1.165, 1.54) is 7.11 Å². The second-order valence-corrected chi connectivity index (χ2v) is 9.97. The number of nitrogens with zero attached hydrogens (tertiary/aromatic N) is 2. The van der Waals surface area contributed by atoms with Crippen LogP contribution in [0.2, 0.25) is 0 Å². The van der Waals surface area contributed by atoms with Crippen molar-refractivity contribution in [3.8, 4) is 0 Å². The number of methoxy groups -OCH3 is 1. The topological polar surface area (TPSA) is 73.9 Å². The molecule has 2 heterocycles. The smallest absolute Gasteiger partial charge is 0.337 e. The van der Waals surface area contributed by atoms with Crippen LogP contribution < -0.4 is 15.5 Å². The Labute approximate surface area is 180 Å². The summed E-state index contributed by atoms with van der Waals surface area (Å²) in [5, 5.41) is 6.95. The van der Waals surface area contributed by atoms with Crippen molar-refractivity contribution in [2.45, 2.75) is 70.6 Å². The largest absolute Gasteiger partial charge is 0.465 e. The maximum absolute atomic E-state index is 13.0. The van der Waals surface area contributed by atoms with Crippen molar-refractivity contribution >= 4 is 17.7 Å². The Bertz CT molecular complexity index is 759. The molecule has 7 nitrogen and oxygen atoms in total. The molecule has 0 saturated carbocycles. The van der Waals surface area contributed by atoms with Crippen LogP contribution in [0, 0.1) is 0 Å². The average Bonchev–Trinajstić information content (AvgIpc) is 2.64. The number of hydrogen-bond donors (Lipinski definition) is 2. The fourth-order valence-electron chi connectivity index (χ4n) is 5.10. The fourth-order valence-corrected chi connectivity index (χ4v) is 5.10. The van der Waals surface area contributed by atoms with E-state index in [9.17, 15) is 9.59 Å². The van der Waals surface area contributed by atoms with E-state index >= 15 is 0 Å². The third kappa shape index (κ3) is 5.25. The van der Waals surface area contributed by atoms with Gasteiger partial charge >= 0.3 is 12.0 Å². The van der Waals surface area contributed by atoms with Gasteiger partial charge in [0.25, 0.3) is 0 Å². The minimum atomic E-state index is -0.333. The molecule has 1 aromatic carbocycles. The van der Waals surface area contributed by atoms with E-state index in [0.717, 1.165) is 31.6 Å². The van der Waals surface area contributed by atoms with Gasteiger partial charge < -0.3 is 25.2 Å². The quantitative estimate of drug-likeness (QED) is 0.741. The highest BCUT2D eigenvalue weighted by Crippen LogP contribution is 2.29. The number of amides is 2. The third-order valence-electron chi connectivity index (χ3n) is 6.06. The van der Waals surface area contributed by atoms with Gasteiger partial charge in [0.2, 0.25) is 0 Å². The van der Waals surface area contributed by atoms with E-state index in [1.807, 2.05) is 17.0 Å². The summed E-state index contributed by atoms with van der Waals surface area (Å²) in [7, 11) is 1.38. The molecule has 2 fully saturated rings. The normalized spacial score (nSPS) is 23.7. The maximum atomic E-state index is 13.0. The summed E-state index contributed by atoms with van der Waals surface area (Å²) in [6, 6.07) is 7.74. The standard InChI is InChI=1S/C23H36N4O3/c1-16-15-26(19-9-7-17(8-10-19)20(28)30-6)11-12-27(16)21(29)24-18-13-22(2,3)25-23(4,5)14-18/h7-10,16,18,25H,11-15H2,1-6H3,(H,24,29). The lowest BCUT2D eigenvalue weighted by atomic mass is 9.79. The van der Waals surface area contributed by atoms with E-state index in [0.29, 0.717) is 12.1 Å². The van der Waals surface area contributed by atoms with Crippen molar-refractivity contribution in [1.82, 2.24) is 15.5 Å². The lowest BCUT2D eigenvalue weighted by molar-refractivity contribution is 0.0600. The summed E-state index contributed by atoms with van der Waals surface area (Å²) >= 11 is 0. The van der Waals surface area contributed by atoms with Gasteiger partial charge in [0.05, 0.1) is 12.7 Å². The molecule has 30 heavy (non-hydrogen) atoms. The number of esters is 1. The number of anilines is 1. The number of rotatable bonds is 3. The number of carbonyl (C=O) groups excluding carboxylic acids is 2. The van der Waals surface area contributed by atoms with E-state index in [2.05, 4.69) is 50.2 Å². The zero-order valence-corrected chi connectivity index (χ0v) is 19.1. The number of carbonyl (C=O) groups is 2. The molecule has 0 aromatic heterocycles. The SMILES string of the molecule is COC(=O)c1ccc(N2CCN(C(=O)NC3CC(C)(C)NC(C)(C)C3)C(C)C2)cc1. The van der Waals surface area contributed by atoms with Gasteiger partial charge in [0.1, 0.15) is 0 Å². The molecule has 2 amide bonds. The van der Waals surface area contributed by atoms with Crippen LogP contribution in [0.1, 0.15) is 57.8 Å². The number of benzene rings is 1. The monoisotopic (exact) mass is 416 g/mol. The number of nitrogens with one attached hydrogen (secondary N) is 2. The number of hydrogen-bond acceptors (Lipinski definition) is 5. The van der Waals surface area contributed by atoms with Crippen LogP contribution in [-0.4, -0.2) is 66.8 Å². The maximum Gasteiger partial charge on any atom is 0.337 e. The Balaban J connectivity index is 1.58. The molecule has 1 aromatic rings. The van der Waals surface area contributed by atoms with Crippen molar-refractivity contribution in [3.63, 3.8) is 0 Å². The summed E-state index contributed by atoms with van der Waals surface area (Å²) < 4.78 is 4.76. The van der Waals surface area contributed by atoms with Crippen molar-refractivity contribution in [1.29, 1.82) is 0 Å². The molecule has 7 heteroatoms. The minimum absolute atomic E-state index is 0.000369. The van der Waals surface area contributed by atoms with Gasteiger partial charge in [-0.1, -0.05) is 0 Å². The van der Waals surface area contributed by atoms with Gasteiger partial charge in [0.15, 0.2) is 0 Å². The molecule has 2 N–H and O–H groups in total. The number of ether oxygens (including phenoxy) is 1. The van der Waals surface area contributed by atoms with E-state index < -0.39 is 0 Å². The van der Waals surface area contributed by atoms with E-state index in [4.69, 9.17) is 4.74 Å². The Morgan fingerprint density at radius 1 is 1.07 bits per heavy atom. The lowest BCUT2D eigenvalue weighted by Gasteiger charge is -2.47. The molecule has 0 spiro atoms. The summed E-state index contributed by atoms with van der Waals surface area (Å²) in [5.41, 5.74) is 1.59. The van der Waals surface area contributed by atoms with Gasteiger partial charge in [-0.15, -0.1) is 0 Å². The highest BCUT2D eigenvalue weighted by Gasteiger charge is 2.39. The van der Waals surface area contributed by atoms with Crippen LogP contribution in [0.15, 0.2) is 24.3 Å². The van der Waals surface area contributed by atoms with Gasteiger partial charge in [-0.05, 0) is 71.7 Å². The Hall–Kier alpha value is -2.28.